The van der Waals surface area contributed by atoms with E-state index < -0.39 is 0 Å². The Balaban J connectivity index is 1.78. The third kappa shape index (κ3) is 3.92. The van der Waals surface area contributed by atoms with Crippen molar-refractivity contribution in [2.45, 2.75) is 44.7 Å². The van der Waals surface area contributed by atoms with Crippen LogP contribution < -0.4 is 9.64 Å². The van der Waals surface area contributed by atoms with E-state index in [1.165, 1.54) is 6.33 Å². The fourth-order valence-electron chi connectivity index (χ4n) is 4.00. The number of benzene rings is 2. The largest absolute Gasteiger partial charge is 0.497 e. The third-order valence-corrected chi connectivity index (χ3v) is 5.84. The van der Waals surface area contributed by atoms with Crippen molar-refractivity contribution >= 4 is 23.5 Å². The molecule has 0 saturated heterocycles. The molecule has 0 N–H and O–H groups in total. The molecule has 1 aliphatic rings. The number of carbonyl (C=O) groups is 1. The number of methoxy groups -OCH3 is 1. The zero-order valence-electron chi connectivity index (χ0n) is 17.2. The zero-order valence-corrected chi connectivity index (χ0v) is 17.9. The number of amides is 1. The molecule has 0 bridgehead atoms. The molecule has 3 aromatic rings. The summed E-state index contributed by atoms with van der Waals surface area (Å²) in [6.07, 6.45) is 4.52. The first-order valence-corrected chi connectivity index (χ1v) is 10.6. The van der Waals surface area contributed by atoms with Crippen LogP contribution >= 0.6 is 11.6 Å². The van der Waals surface area contributed by atoms with Gasteiger partial charge in [0.1, 0.15) is 12.1 Å². The average Bonchev–Trinajstić information content (AvgIpc) is 3.27. The van der Waals surface area contributed by atoms with Crippen molar-refractivity contribution in [3.05, 3.63) is 71.0 Å². The molecule has 2 atom stereocenters. The molecular weight excluding hydrogens is 400 g/mol. The van der Waals surface area contributed by atoms with Crippen LogP contribution in [-0.2, 0) is 4.79 Å². The van der Waals surface area contributed by atoms with E-state index in [-0.39, 0.29) is 18.0 Å². The van der Waals surface area contributed by atoms with Gasteiger partial charge < -0.3 is 4.74 Å². The van der Waals surface area contributed by atoms with Crippen molar-refractivity contribution in [3.8, 4) is 5.75 Å². The van der Waals surface area contributed by atoms with Gasteiger partial charge in [-0.05, 0) is 48.2 Å². The maximum Gasteiger partial charge on any atom is 0.231 e. The highest BCUT2D eigenvalue weighted by molar-refractivity contribution is 6.30. The standard InChI is InChI=1S/C23H25ClN4O2/c1-3-4-5-22(29)27-20(16-8-12-19(30-2)13-9-16)14-21(28-23(27)25-15-26-28)17-6-10-18(24)11-7-17/h6-13,15,20-21H,3-5,14H2,1-2H3/t20-,21+/m0/s1. The fourth-order valence-corrected chi connectivity index (χ4v) is 4.13. The average molecular weight is 425 g/mol. The van der Waals surface area contributed by atoms with Crippen LogP contribution in [0.5, 0.6) is 5.75 Å². The number of hydrogen-bond donors (Lipinski definition) is 0. The van der Waals surface area contributed by atoms with Crippen LogP contribution in [0.1, 0.15) is 55.8 Å². The number of hydrogen-bond acceptors (Lipinski definition) is 4. The lowest BCUT2D eigenvalue weighted by Crippen LogP contribution is -2.42. The minimum atomic E-state index is -0.141. The van der Waals surface area contributed by atoms with Crippen molar-refractivity contribution in [3.63, 3.8) is 0 Å². The number of rotatable bonds is 6. The van der Waals surface area contributed by atoms with Crippen LogP contribution in [-0.4, -0.2) is 27.8 Å². The first kappa shape index (κ1) is 20.4. The molecule has 1 aliphatic heterocycles. The molecule has 0 radical (unpaired) electrons. The Morgan fingerprint density at radius 1 is 1.10 bits per heavy atom. The number of ether oxygens (including phenoxy) is 1. The van der Waals surface area contributed by atoms with E-state index in [0.29, 0.717) is 23.8 Å². The van der Waals surface area contributed by atoms with E-state index in [0.717, 1.165) is 29.7 Å². The Morgan fingerprint density at radius 3 is 2.43 bits per heavy atom. The minimum Gasteiger partial charge on any atom is -0.497 e. The van der Waals surface area contributed by atoms with E-state index in [9.17, 15) is 4.79 Å². The zero-order chi connectivity index (χ0) is 21.1. The molecule has 156 valence electrons. The monoisotopic (exact) mass is 424 g/mol. The van der Waals surface area contributed by atoms with Gasteiger partial charge in [0.05, 0.1) is 19.2 Å². The van der Waals surface area contributed by atoms with E-state index in [1.807, 2.05) is 58.1 Å². The van der Waals surface area contributed by atoms with E-state index >= 15 is 0 Å². The fraction of sp³-hybridized carbons (Fsp3) is 0.348. The topological polar surface area (TPSA) is 60.2 Å². The summed E-state index contributed by atoms with van der Waals surface area (Å²) in [5.41, 5.74) is 2.14. The molecule has 0 unspecified atom stereocenters. The second-order valence-electron chi connectivity index (χ2n) is 7.46. The van der Waals surface area contributed by atoms with Crippen molar-refractivity contribution < 1.29 is 9.53 Å². The Kier molecular flexibility index (Phi) is 6.04. The smallest absolute Gasteiger partial charge is 0.231 e. The van der Waals surface area contributed by atoms with Gasteiger partial charge in [0.2, 0.25) is 11.9 Å². The summed E-state index contributed by atoms with van der Waals surface area (Å²) in [7, 11) is 1.65. The Labute approximate surface area is 181 Å². The highest BCUT2D eigenvalue weighted by Crippen LogP contribution is 2.42. The number of unbranched alkanes of at least 4 members (excludes halogenated alkanes) is 1. The van der Waals surface area contributed by atoms with Crippen LogP contribution in [0.3, 0.4) is 0 Å². The summed E-state index contributed by atoms with van der Waals surface area (Å²) in [6, 6.07) is 15.5. The molecule has 0 aliphatic carbocycles. The molecular formula is C23H25ClN4O2. The highest BCUT2D eigenvalue weighted by Gasteiger charge is 2.39. The Bertz CT molecular complexity index is 1000. The predicted octanol–water partition coefficient (Wildman–Crippen LogP) is 5.20. The highest BCUT2D eigenvalue weighted by atomic mass is 35.5. The molecule has 2 heterocycles. The number of fused-ring (bicyclic) bond motifs is 1. The normalized spacial score (nSPS) is 18.2. The van der Waals surface area contributed by atoms with Gasteiger partial charge in [-0.25, -0.2) is 4.68 Å². The van der Waals surface area contributed by atoms with Crippen LogP contribution in [0.15, 0.2) is 54.9 Å². The molecule has 4 rings (SSSR count). The summed E-state index contributed by atoms with van der Waals surface area (Å²) in [5, 5.41) is 5.16. The first-order valence-electron chi connectivity index (χ1n) is 10.2. The van der Waals surface area contributed by atoms with Crippen LogP contribution in [0.4, 0.5) is 5.95 Å². The van der Waals surface area contributed by atoms with Gasteiger partial charge in [-0.15, -0.1) is 0 Å². The molecule has 7 heteroatoms. The Hall–Kier alpha value is -2.86. The van der Waals surface area contributed by atoms with Gasteiger partial charge in [-0.2, -0.15) is 10.1 Å². The lowest BCUT2D eigenvalue weighted by Gasteiger charge is -2.39. The van der Waals surface area contributed by atoms with Gasteiger partial charge in [-0.3, -0.25) is 9.69 Å². The van der Waals surface area contributed by atoms with Crippen molar-refractivity contribution in [2.24, 2.45) is 0 Å². The van der Waals surface area contributed by atoms with Crippen LogP contribution in [0.25, 0.3) is 0 Å². The quantitative estimate of drug-likeness (QED) is 0.545. The van der Waals surface area contributed by atoms with E-state index in [4.69, 9.17) is 16.3 Å². The second-order valence-corrected chi connectivity index (χ2v) is 7.90. The number of anilines is 1. The van der Waals surface area contributed by atoms with Crippen molar-refractivity contribution in [2.75, 3.05) is 12.0 Å². The Morgan fingerprint density at radius 2 is 1.77 bits per heavy atom. The van der Waals surface area contributed by atoms with Gasteiger partial charge in [0.15, 0.2) is 0 Å². The van der Waals surface area contributed by atoms with Crippen molar-refractivity contribution in [1.29, 1.82) is 0 Å². The molecule has 2 aromatic carbocycles. The molecule has 0 fully saturated rings. The van der Waals surface area contributed by atoms with Crippen molar-refractivity contribution in [1.82, 2.24) is 14.8 Å². The van der Waals surface area contributed by atoms with Gasteiger partial charge in [-0.1, -0.05) is 49.2 Å². The predicted molar refractivity (Wildman–Crippen MR) is 117 cm³/mol. The molecule has 1 amide bonds. The van der Waals surface area contributed by atoms with E-state index in [2.05, 4.69) is 17.0 Å². The maximum absolute atomic E-state index is 13.2. The summed E-state index contributed by atoms with van der Waals surface area (Å²) < 4.78 is 7.16. The molecule has 6 nitrogen and oxygen atoms in total. The number of nitrogens with zero attached hydrogens (tertiary/aromatic N) is 4. The second kappa shape index (κ2) is 8.88. The summed E-state index contributed by atoms with van der Waals surface area (Å²) in [5.74, 6) is 1.44. The summed E-state index contributed by atoms with van der Waals surface area (Å²) in [4.78, 5) is 19.5. The van der Waals surface area contributed by atoms with Gasteiger partial charge in [0.25, 0.3) is 0 Å². The minimum absolute atomic E-state index is 0.0397. The van der Waals surface area contributed by atoms with Crippen LogP contribution in [0, 0.1) is 0 Å². The maximum atomic E-state index is 13.2. The first-order chi connectivity index (χ1) is 14.6. The molecule has 30 heavy (non-hydrogen) atoms. The third-order valence-electron chi connectivity index (χ3n) is 5.59. The van der Waals surface area contributed by atoms with Gasteiger partial charge in [0, 0.05) is 11.4 Å². The number of carbonyl (C=O) groups excluding carboxylic acids is 1. The lowest BCUT2D eigenvalue weighted by molar-refractivity contribution is -0.119. The summed E-state index contributed by atoms with van der Waals surface area (Å²) >= 11 is 6.10. The molecule has 0 saturated carbocycles. The van der Waals surface area contributed by atoms with Crippen LogP contribution in [0.2, 0.25) is 5.02 Å². The molecule has 1 aromatic heterocycles. The number of halogens is 1. The summed E-state index contributed by atoms with van der Waals surface area (Å²) in [6.45, 7) is 2.09. The SMILES string of the molecule is CCCCC(=O)N1c2ncnn2[C@@H](c2ccc(Cl)cc2)C[C@H]1c1ccc(OC)cc1. The lowest BCUT2D eigenvalue weighted by atomic mass is 9.91. The number of aromatic nitrogens is 3. The van der Waals surface area contributed by atoms with Gasteiger partial charge >= 0.3 is 0 Å². The van der Waals surface area contributed by atoms with E-state index in [1.54, 1.807) is 7.11 Å². The molecule has 0 spiro atoms.